The van der Waals surface area contributed by atoms with Gasteiger partial charge < -0.3 is 0 Å². The van der Waals surface area contributed by atoms with E-state index in [1.807, 2.05) is 0 Å². The van der Waals surface area contributed by atoms with Gasteiger partial charge in [0.25, 0.3) is 0 Å². The van der Waals surface area contributed by atoms with Gasteiger partial charge in [-0.1, -0.05) is 0 Å². The molecule has 9 heteroatoms. The molecule has 0 aliphatic heterocycles. The molecule has 0 saturated heterocycles. The smallest absolute Gasteiger partial charge is 0.278 e. The molecular formula is C19H15FN4O4. The van der Waals surface area contributed by atoms with Crippen LogP contribution in [0.15, 0.2) is 35.0 Å². The number of anilines is 2. The molecule has 1 aromatic heterocycles. The first-order chi connectivity index (χ1) is 13.5. The third kappa shape index (κ3) is 2.70. The quantitative estimate of drug-likeness (QED) is 0.483. The summed E-state index contributed by atoms with van der Waals surface area (Å²) in [5.74, 6) is -0.417. The van der Waals surface area contributed by atoms with E-state index in [2.05, 4.69) is 10.3 Å². The predicted octanol–water partition coefficient (Wildman–Crippen LogP) is 4.22. The summed E-state index contributed by atoms with van der Waals surface area (Å²) in [4.78, 5) is 25.4. The molecule has 142 valence electrons. The molecule has 1 amide bonds. The van der Waals surface area contributed by atoms with Gasteiger partial charge in [-0.25, -0.2) is 9.02 Å². The second-order valence-corrected chi connectivity index (χ2v) is 7.25. The van der Waals surface area contributed by atoms with E-state index in [0.717, 1.165) is 31.2 Å². The molecular weight excluding hydrogens is 367 g/mol. The number of nitro groups is 1. The fraction of sp³-hybridized carbons (Fsp3) is 0.316. The molecule has 0 bridgehead atoms. The number of amides is 1. The van der Waals surface area contributed by atoms with Gasteiger partial charge in [0.1, 0.15) is 5.82 Å². The molecule has 0 spiro atoms. The van der Waals surface area contributed by atoms with Crippen molar-refractivity contribution in [3.8, 4) is 0 Å². The molecule has 2 aliphatic carbocycles. The van der Waals surface area contributed by atoms with E-state index in [9.17, 15) is 19.3 Å². The Morgan fingerprint density at radius 1 is 1.11 bits per heavy atom. The summed E-state index contributed by atoms with van der Waals surface area (Å²) in [6, 6.07) is 7.13. The first-order valence-electron chi connectivity index (χ1n) is 9.07. The van der Waals surface area contributed by atoms with Crippen molar-refractivity contribution in [3.05, 3.63) is 51.8 Å². The molecule has 0 N–H and O–H groups in total. The van der Waals surface area contributed by atoms with E-state index < -0.39 is 4.92 Å². The average Bonchev–Trinajstić information content (AvgIpc) is 3.59. The molecule has 0 atom stereocenters. The molecule has 0 radical (unpaired) electrons. The Morgan fingerprint density at radius 3 is 2.50 bits per heavy atom. The molecule has 8 nitrogen and oxygen atoms in total. The van der Waals surface area contributed by atoms with Crippen LogP contribution >= 0.6 is 0 Å². The minimum Gasteiger partial charge on any atom is -0.278 e. The normalized spacial score (nSPS) is 16.3. The third-order valence-corrected chi connectivity index (χ3v) is 5.21. The Balaban J connectivity index is 1.73. The van der Waals surface area contributed by atoms with Crippen molar-refractivity contribution in [1.29, 1.82) is 0 Å². The number of carbonyl (C=O) groups is 1. The summed E-state index contributed by atoms with van der Waals surface area (Å²) in [7, 11) is 0. The number of carbonyl (C=O) groups excluding carboxylic acids is 1. The van der Waals surface area contributed by atoms with Gasteiger partial charge >= 0.3 is 5.69 Å². The molecule has 28 heavy (non-hydrogen) atoms. The zero-order valence-electron chi connectivity index (χ0n) is 14.7. The van der Waals surface area contributed by atoms with Gasteiger partial charge in [-0.05, 0) is 71.7 Å². The van der Waals surface area contributed by atoms with Crippen LogP contribution in [0.2, 0.25) is 0 Å². The third-order valence-electron chi connectivity index (χ3n) is 5.21. The number of aromatic nitrogens is 2. The highest BCUT2D eigenvalue weighted by molar-refractivity contribution is 6.09. The topological polar surface area (TPSA) is 102 Å². The number of hydrogen-bond donors (Lipinski definition) is 0. The van der Waals surface area contributed by atoms with Gasteiger partial charge in [-0.2, -0.15) is 0 Å². The van der Waals surface area contributed by atoms with Crippen molar-refractivity contribution in [2.24, 2.45) is 5.92 Å². The predicted molar refractivity (Wildman–Crippen MR) is 96.7 cm³/mol. The summed E-state index contributed by atoms with van der Waals surface area (Å²) >= 11 is 0. The minimum atomic E-state index is -0.573. The lowest BCUT2D eigenvalue weighted by Gasteiger charge is -2.25. The zero-order chi connectivity index (χ0) is 19.4. The summed E-state index contributed by atoms with van der Waals surface area (Å²) in [5, 5.41) is 18.8. The number of rotatable bonds is 5. The first-order valence-corrected chi connectivity index (χ1v) is 9.07. The molecule has 1 heterocycles. The van der Waals surface area contributed by atoms with Crippen molar-refractivity contribution in [2.45, 2.75) is 31.6 Å². The van der Waals surface area contributed by atoms with Crippen molar-refractivity contribution < 1.29 is 18.7 Å². The fourth-order valence-electron chi connectivity index (χ4n) is 3.50. The summed E-state index contributed by atoms with van der Waals surface area (Å²) in [6.45, 7) is 0. The number of hydrogen-bond acceptors (Lipinski definition) is 6. The highest BCUT2D eigenvalue weighted by atomic mass is 19.1. The Kier molecular flexibility index (Phi) is 3.65. The highest BCUT2D eigenvalue weighted by Crippen LogP contribution is 2.48. The molecule has 0 unspecified atom stereocenters. The Labute approximate surface area is 158 Å². The second kappa shape index (κ2) is 6.08. The van der Waals surface area contributed by atoms with E-state index in [4.69, 9.17) is 4.63 Å². The van der Waals surface area contributed by atoms with Crippen LogP contribution in [-0.2, 0) is 4.79 Å². The van der Waals surface area contributed by atoms with Gasteiger partial charge in [-0.3, -0.25) is 19.8 Å². The van der Waals surface area contributed by atoms with Crippen LogP contribution in [0.1, 0.15) is 37.2 Å². The van der Waals surface area contributed by atoms with E-state index in [-0.39, 0.29) is 40.3 Å². The first kappa shape index (κ1) is 16.8. The van der Waals surface area contributed by atoms with Crippen LogP contribution < -0.4 is 4.90 Å². The van der Waals surface area contributed by atoms with Gasteiger partial charge in [0.2, 0.25) is 11.4 Å². The van der Waals surface area contributed by atoms with Crippen LogP contribution in [0.5, 0.6) is 0 Å². The summed E-state index contributed by atoms with van der Waals surface area (Å²) in [5.41, 5.74) is 1.56. The SMILES string of the molecule is O=C(C1CC1)N(c1ccc(F)cc1C1CC1)c1ccc([N+](=O)[O-])c2nonc12. The molecule has 5 rings (SSSR count). The number of nitro benzene ring substituents is 1. The number of halogens is 1. The van der Waals surface area contributed by atoms with E-state index in [0.29, 0.717) is 11.4 Å². The van der Waals surface area contributed by atoms with Crippen LogP contribution in [-0.4, -0.2) is 21.1 Å². The zero-order valence-corrected chi connectivity index (χ0v) is 14.7. The number of non-ortho nitro benzene ring substituents is 1. The van der Waals surface area contributed by atoms with Crippen molar-refractivity contribution in [2.75, 3.05) is 4.90 Å². The Hall–Kier alpha value is -3.36. The fourth-order valence-corrected chi connectivity index (χ4v) is 3.50. The Morgan fingerprint density at radius 2 is 1.82 bits per heavy atom. The van der Waals surface area contributed by atoms with Crippen molar-refractivity contribution >= 4 is 34.0 Å². The maximum Gasteiger partial charge on any atom is 0.300 e. The van der Waals surface area contributed by atoms with Gasteiger partial charge in [0, 0.05) is 12.0 Å². The molecule has 2 saturated carbocycles. The number of fused-ring (bicyclic) bond motifs is 1. The van der Waals surface area contributed by atoms with Gasteiger partial charge in [0.15, 0.2) is 5.52 Å². The lowest BCUT2D eigenvalue weighted by atomic mass is 10.0. The molecule has 2 fully saturated rings. The van der Waals surface area contributed by atoms with E-state index in [1.165, 1.54) is 29.2 Å². The summed E-state index contributed by atoms with van der Waals surface area (Å²) < 4.78 is 18.6. The van der Waals surface area contributed by atoms with Crippen LogP contribution in [0, 0.1) is 21.8 Å². The largest absolute Gasteiger partial charge is 0.300 e. The van der Waals surface area contributed by atoms with E-state index >= 15 is 0 Å². The van der Waals surface area contributed by atoms with Gasteiger partial charge in [-0.15, -0.1) is 0 Å². The molecule has 3 aromatic rings. The lowest BCUT2D eigenvalue weighted by Crippen LogP contribution is -2.28. The van der Waals surface area contributed by atoms with E-state index in [1.54, 1.807) is 6.07 Å². The number of nitrogens with zero attached hydrogens (tertiary/aromatic N) is 4. The Bertz CT molecular complexity index is 1120. The monoisotopic (exact) mass is 382 g/mol. The highest BCUT2D eigenvalue weighted by Gasteiger charge is 2.39. The average molecular weight is 382 g/mol. The van der Waals surface area contributed by atoms with Gasteiger partial charge in [0.05, 0.1) is 16.3 Å². The lowest BCUT2D eigenvalue weighted by molar-refractivity contribution is -0.383. The molecule has 2 aromatic carbocycles. The maximum atomic E-state index is 13.9. The van der Waals surface area contributed by atoms with Crippen LogP contribution in [0.4, 0.5) is 21.5 Å². The van der Waals surface area contributed by atoms with Crippen molar-refractivity contribution in [3.63, 3.8) is 0 Å². The summed E-state index contributed by atoms with van der Waals surface area (Å²) in [6.07, 6.45) is 3.43. The van der Waals surface area contributed by atoms with Crippen LogP contribution in [0.3, 0.4) is 0 Å². The van der Waals surface area contributed by atoms with Crippen molar-refractivity contribution in [1.82, 2.24) is 10.3 Å². The standard InChI is InChI=1S/C19H15FN4O4/c20-12-5-6-14(13(9-12)10-1-2-10)23(19(25)11-3-4-11)15-7-8-16(24(26)27)18-17(15)21-28-22-18/h5-11H,1-4H2. The minimum absolute atomic E-state index is 0.0221. The molecule has 2 aliphatic rings. The second-order valence-electron chi connectivity index (χ2n) is 7.25. The van der Waals surface area contributed by atoms with Crippen LogP contribution in [0.25, 0.3) is 11.0 Å². The number of benzene rings is 2. The maximum absolute atomic E-state index is 13.9.